The number of fused-ring (bicyclic) bond motifs is 1. The number of imidazole rings is 1. The van der Waals surface area contributed by atoms with Gasteiger partial charge in [0.1, 0.15) is 12.9 Å². The Labute approximate surface area is 74.4 Å². The summed E-state index contributed by atoms with van der Waals surface area (Å²) in [5.74, 6) is -0.367. The number of aromatic nitrogens is 2. The summed E-state index contributed by atoms with van der Waals surface area (Å²) in [5, 5.41) is 8.67. The fraction of sp³-hybridized carbons (Fsp3) is 0.111. The maximum Gasteiger partial charge on any atom is 0.258 e. The van der Waals surface area contributed by atoms with Crippen LogP contribution in [0.2, 0.25) is 0 Å². The third-order valence-electron chi connectivity index (χ3n) is 1.86. The van der Waals surface area contributed by atoms with E-state index in [2.05, 4.69) is 4.98 Å². The van der Waals surface area contributed by atoms with Crippen LogP contribution in [0.5, 0.6) is 0 Å². The number of carbonyl (C=O) groups is 1. The lowest BCUT2D eigenvalue weighted by Crippen LogP contribution is -2.13. The predicted octanol–water partition coefficient (Wildman–Crippen LogP) is 0.669. The molecule has 1 heterocycles. The van der Waals surface area contributed by atoms with Crippen LogP contribution in [0.4, 0.5) is 0 Å². The zero-order valence-corrected chi connectivity index (χ0v) is 6.84. The molecule has 2 aromatic rings. The number of nitrogens with zero attached hydrogens (tertiary/aromatic N) is 2. The Morgan fingerprint density at radius 1 is 1.46 bits per heavy atom. The monoisotopic (exact) mass is 176 g/mol. The molecular formula is C9H8N2O2. The van der Waals surface area contributed by atoms with E-state index in [0.717, 1.165) is 11.0 Å². The number of para-hydroxylation sites is 2. The Balaban J connectivity index is 2.64. The smallest absolute Gasteiger partial charge is 0.258 e. The molecule has 0 unspecified atom stereocenters. The van der Waals surface area contributed by atoms with Crippen molar-refractivity contribution in [2.75, 3.05) is 6.61 Å². The van der Waals surface area contributed by atoms with Gasteiger partial charge in [-0.05, 0) is 12.1 Å². The van der Waals surface area contributed by atoms with Crippen molar-refractivity contribution in [1.29, 1.82) is 0 Å². The van der Waals surface area contributed by atoms with Crippen molar-refractivity contribution in [1.82, 2.24) is 9.55 Å². The largest absolute Gasteiger partial charge is 0.387 e. The molecule has 0 aliphatic rings. The van der Waals surface area contributed by atoms with Crippen LogP contribution in [0, 0.1) is 0 Å². The normalized spacial score (nSPS) is 10.5. The number of benzene rings is 1. The molecule has 0 radical (unpaired) electrons. The van der Waals surface area contributed by atoms with Crippen molar-refractivity contribution in [2.45, 2.75) is 0 Å². The molecule has 0 amide bonds. The first-order valence-electron chi connectivity index (χ1n) is 3.89. The fourth-order valence-electron chi connectivity index (χ4n) is 1.23. The maximum absolute atomic E-state index is 11.2. The summed E-state index contributed by atoms with van der Waals surface area (Å²) in [4.78, 5) is 15.2. The summed E-state index contributed by atoms with van der Waals surface area (Å²) < 4.78 is 1.34. The standard InChI is InChI=1S/C9H8N2O2/c12-5-9(13)11-6-10-7-3-1-2-4-8(7)11/h1-4,6,12H,5H2. The van der Waals surface area contributed by atoms with Crippen LogP contribution >= 0.6 is 0 Å². The van der Waals surface area contributed by atoms with Crippen molar-refractivity contribution in [3.05, 3.63) is 30.6 Å². The van der Waals surface area contributed by atoms with E-state index in [9.17, 15) is 4.79 Å². The van der Waals surface area contributed by atoms with E-state index in [1.807, 2.05) is 18.2 Å². The number of rotatable bonds is 1. The molecule has 0 aliphatic carbocycles. The number of aliphatic hydroxyl groups is 1. The van der Waals surface area contributed by atoms with Crippen LogP contribution < -0.4 is 0 Å². The highest BCUT2D eigenvalue weighted by atomic mass is 16.3. The molecule has 66 valence electrons. The van der Waals surface area contributed by atoms with E-state index >= 15 is 0 Å². The molecule has 1 N–H and O–H groups in total. The molecule has 0 spiro atoms. The molecule has 0 fully saturated rings. The summed E-state index contributed by atoms with van der Waals surface area (Å²) in [6.45, 7) is -0.500. The Morgan fingerprint density at radius 2 is 2.23 bits per heavy atom. The van der Waals surface area contributed by atoms with Crippen LogP contribution in [0.25, 0.3) is 11.0 Å². The second kappa shape index (κ2) is 2.99. The van der Waals surface area contributed by atoms with Gasteiger partial charge in [0.15, 0.2) is 0 Å². The van der Waals surface area contributed by atoms with Gasteiger partial charge in [-0.2, -0.15) is 0 Å². The molecule has 0 bridgehead atoms. The molecule has 0 aliphatic heterocycles. The quantitative estimate of drug-likeness (QED) is 0.694. The van der Waals surface area contributed by atoms with Crippen molar-refractivity contribution in [3.8, 4) is 0 Å². The second-order valence-electron chi connectivity index (χ2n) is 2.66. The molecule has 0 saturated heterocycles. The van der Waals surface area contributed by atoms with E-state index in [1.165, 1.54) is 10.9 Å². The van der Waals surface area contributed by atoms with E-state index in [-0.39, 0.29) is 5.91 Å². The van der Waals surface area contributed by atoms with Gasteiger partial charge in [0.25, 0.3) is 5.91 Å². The molecule has 0 atom stereocenters. The second-order valence-corrected chi connectivity index (χ2v) is 2.66. The highest BCUT2D eigenvalue weighted by molar-refractivity contribution is 5.90. The van der Waals surface area contributed by atoms with Gasteiger partial charge in [-0.3, -0.25) is 9.36 Å². The van der Waals surface area contributed by atoms with Crippen LogP contribution in [0.3, 0.4) is 0 Å². The minimum absolute atomic E-state index is 0.367. The Bertz CT molecular complexity index is 448. The highest BCUT2D eigenvalue weighted by Crippen LogP contribution is 2.10. The van der Waals surface area contributed by atoms with Gasteiger partial charge in [0.05, 0.1) is 11.0 Å². The molecule has 13 heavy (non-hydrogen) atoms. The van der Waals surface area contributed by atoms with Crippen molar-refractivity contribution >= 4 is 16.9 Å². The lowest BCUT2D eigenvalue weighted by Gasteiger charge is -1.97. The topological polar surface area (TPSA) is 55.1 Å². The van der Waals surface area contributed by atoms with Crippen LogP contribution in [0.1, 0.15) is 4.79 Å². The van der Waals surface area contributed by atoms with Gasteiger partial charge < -0.3 is 5.11 Å². The van der Waals surface area contributed by atoms with E-state index in [4.69, 9.17) is 5.11 Å². The van der Waals surface area contributed by atoms with Crippen molar-refractivity contribution in [3.63, 3.8) is 0 Å². The first-order valence-corrected chi connectivity index (χ1v) is 3.89. The Morgan fingerprint density at radius 3 is 3.00 bits per heavy atom. The van der Waals surface area contributed by atoms with Crippen LogP contribution in [0.15, 0.2) is 30.6 Å². The summed E-state index contributed by atoms with van der Waals surface area (Å²) in [5.41, 5.74) is 1.48. The van der Waals surface area contributed by atoms with Crippen LogP contribution in [-0.4, -0.2) is 27.2 Å². The van der Waals surface area contributed by atoms with E-state index in [0.29, 0.717) is 0 Å². The average molecular weight is 176 g/mol. The van der Waals surface area contributed by atoms with Crippen molar-refractivity contribution in [2.24, 2.45) is 0 Å². The first kappa shape index (κ1) is 7.94. The third-order valence-corrected chi connectivity index (χ3v) is 1.86. The average Bonchev–Trinajstić information content (AvgIpc) is 2.60. The number of hydrogen-bond acceptors (Lipinski definition) is 3. The lowest BCUT2D eigenvalue weighted by atomic mass is 10.3. The molecular weight excluding hydrogens is 168 g/mol. The van der Waals surface area contributed by atoms with E-state index < -0.39 is 6.61 Å². The summed E-state index contributed by atoms with van der Waals surface area (Å²) in [6.07, 6.45) is 1.42. The minimum atomic E-state index is -0.500. The van der Waals surface area contributed by atoms with Gasteiger partial charge >= 0.3 is 0 Å². The maximum atomic E-state index is 11.2. The van der Waals surface area contributed by atoms with Gasteiger partial charge in [0.2, 0.25) is 0 Å². The van der Waals surface area contributed by atoms with Gasteiger partial charge in [0, 0.05) is 0 Å². The molecule has 0 saturated carbocycles. The molecule has 1 aromatic heterocycles. The number of carbonyl (C=O) groups excluding carboxylic acids is 1. The van der Waals surface area contributed by atoms with Crippen LogP contribution in [-0.2, 0) is 0 Å². The fourth-order valence-corrected chi connectivity index (χ4v) is 1.23. The lowest BCUT2D eigenvalue weighted by molar-refractivity contribution is 0.0823. The molecule has 4 nitrogen and oxygen atoms in total. The summed E-state index contributed by atoms with van der Waals surface area (Å²) in [6, 6.07) is 7.28. The van der Waals surface area contributed by atoms with Gasteiger partial charge in [-0.1, -0.05) is 12.1 Å². The molecule has 1 aromatic carbocycles. The zero-order valence-electron chi connectivity index (χ0n) is 6.84. The summed E-state index contributed by atoms with van der Waals surface area (Å²) >= 11 is 0. The SMILES string of the molecule is O=C(CO)n1cnc2ccccc21. The highest BCUT2D eigenvalue weighted by Gasteiger charge is 2.06. The summed E-state index contributed by atoms with van der Waals surface area (Å²) in [7, 11) is 0. The third kappa shape index (κ3) is 1.21. The molecule has 4 heteroatoms. The molecule has 2 rings (SSSR count). The number of hydrogen-bond donors (Lipinski definition) is 1. The van der Waals surface area contributed by atoms with Crippen molar-refractivity contribution < 1.29 is 9.90 Å². The number of aliphatic hydroxyl groups excluding tert-OH is 1. The first-order chi connectivity index (χ1) is 6.33. The minimum Gasteiger partial charge on any atom is -0.387 e. The zero-order chi connectivity index (χ0) is 9.26. The van der Waals surface area contributed by atoms with Gasteiger partial charge in [-0.15, -0.1) is 0 Å². The van der Waals surface area contributed by atoms with E-state index in [1.54, 1.807) is 6.07 Å². The Hall–Kier alpha value is -1.68. The predicted molar refractivity (Wildman–Crippen MR) is 47.4 cm³/mol. The Kier molecular flexibility index (Phi) is 1.83. The van der Waals surface area contributed by atoms with Gasteiger partial charge in [-0.25, -0.2) is 4.98 Å².